The van der Waals surface area contributed by atoms with Crippen LogP contribution in [0.15, 0.2) is 25.3 Å². The molecule has 0 aliphatic carbocycles. The van der Waals surface area contributed by atoms with E-state index in [2.05, 4.69) is 13.2 Å². The standard InChI is InChI=1S/C7H11NO2/c1-4-6-8(3,10)7(9)5-2/h4-5H,1-2,6H2,3H3. The van der Waals surface area contributed by atoms with E-state index < -0.39 is 10.6 Å². The summed E-state index contributed by atoms with van der Waals surface area (Å²) >= 11 is 0. The van der Waals surface area contributed by atoms with E-state index in [1.54, 1.807) is 0 Å². The van der Waals surface area contributed by atoms with Gasteiger partial charge in [-0.1, -0.05) is 13.2 Å². The number of rotatable bonds is 3. The molecule has 0 aliphatic rings. The highest BCUT2D eigenvalue weighted by Gasteiger charge is 2.15. The molecule has 3 heteroatoms. The van der Waals surface area contributed by atoms with Crippen molar-refractivity contribution in [1.82, 2.24) is 0 Å². The molecule has 0 aliphatic heterocycles. The molecule has 1 amide bonds. The Morgan fingerprint density at radius 2 is 2.20 bits per heavy atom. The zero-order valence-corrected chi connectivity index (χ0v) is 6.04. The van der Waals surface area contributed by atoms with Crippen LogP contribution in [-0.4, -0.2) is 24.1 Å². The molecule has 1 unspecified atom stereocenters. The summed E-state index contributed by atoms with van der Waals surface area (Å²) in [5, 5.41) is 11.1. The maximum absolute atomic E-state index is 11.1. The summed E-state index contributed by atoms with van der Waals surface area (Å²) in [5.41, 5.74) is 0. The maximum Gasteiger partial charge on any atom is 0.338 e. The number of likely N-dealkylation sites (N-methyl/N-ethyl adjacent to an activating group) is 1. The fraction of sp³-hybridized carbons (Fsp3) is 0.286. The van der Waals surface area contributed by atoms with Crippen molar-refractivity contribution in [3.05, 3.63) is 30.5 Å². The fourth-order valence-corrected chi connectivity index (χ4v) is 0.529. The van der Waals surface area contributed by atoms with Gasteiger partial charge in [-0.25, -0.2) is 4.79 Å². The predicted molar refractivity (Wildman–Crippen MR) is 39.8 cm³/mol. The lowest BCUT2D eigenvalue weighted by Gasteiger charge is -2.32. The Labute approximate surface area is 60.4 Å². The molecule has 0 rings (SSSR count). The quantitative estimate of drug-likeness (QED) is 0.253. The molecule has 0 bridgehead atoms. The van der Waals surface area contributed by atoms with Gasteiger partial charge in [0.05, 0.1) is 7.05 Å². The van der Waals surface area contributed by atoms with Crippen molar-refractivity contribution in [2.24, 2.45) is 0 Å². The van der Waals surface area contributed by atoms with Crippen LogP contribution in [0.3, 0.4) is 0 Å². The number of hydroxylamine groups is 3. The summed E-state index contributed by atoms with van der Waals surface area (Å²) < 4.78 is -0.951. The van der Waals surface area contributed by atoms with Crippen LogP contribution in [-0.2, 0) is 4.79 Å². The van der Waals surface area contributed by atoms with Gasteiger partial charge < -0.3 is 5.21 Å². The predicted octanol–water partition coefficient (Wildman–Crippen LogP) is 0.829. The monoisotopic (exact) mass is 141 g/mol. The molecule has 0 heterocycles. The number of amides is 1. The fourth-order valence-electron chi connectivity index (χ4n) is 0.529. The molecule has 3 nitrogen and oxygen atoms in total. The number of carbonyl (C=O) groups is 1. The van der Waals surface area contributed by atoms with Crippen LogP contribution in [0.4, 0.5) is 0 Å². The first-order valence-corrected chi connectivity index (χ1v) is 2.89. The third-order valence-electron chi connectivity index (χ3n) is 1.12. The second kappa shape index (κ2) is 3.29. The Kier molecular flexibility index (Phi) is 2.99. The lowest BCUT2D eigenvalue weighted by molar-refractivity contribution is -0.773. The average molecular weight is 141 g/mol. The molecule has 0 saturated heterocycles. The number of hydrogen-bond donors (Lipinski definition) is 0. The van der Waals surface area contributed by atoms with Crippen molar-refractivity contribution >= 4 is 5.91 Å². The van der Waals surface area contributed by atoms with Gasteiger partial charge >= 0.3 is 5.91 Å². The van der Waals surface area contributed by atoms with Crippen LogP contribution in [0, 0.1) is 5.21 Å². The van der Waals surface area contributed by atoms with Crippen molar-refractivity contribution in [3.8, 4) is 0 Å². The van der Waals surface area contributed by atoms with E-state index in [-0.39, 0.29) is 6.54 Å². The summed E-state index contributed by atoms with van der Waals surface area (Å²) in [6, 6.07) is 0. The van der Waals surface area contributed by atoms with Gasteiger partial charge in [-0.2, -0.15) is 0 Å². The molecule has 0 saturated carbocycles. The van der Waals surface area contributed by atoms with Gasteiger partial charge in [0.2, 0.25) is 0 Å². The minimum atomic E-state index is -0.951. The number of nitrogens with zero attached hydrogens (tertiary/aromatic N) is 1. The second-order valence-electron chi connectivity index (χ2n) is 2.11. The lowest BCUT2D eigenvalue weighted by atomic mass is 10.4. The summed E-state index contributed by atoms with van der Waals surface area (Å²) in [5.74, 6) is -0.542. The average Bonchev–Trinajstić information content (AvgIpc) is 1.86. The third kappa shape index (κ3) is 2.13. The minimum absolute atomic E-state index is 0.0881. The molecule has 0 aromatic carbocycles. The Bertz CT molecular complexity index is 161. The van der Waals surface area contributed by atoms with Gasteiger partial charge in [0.15, 0.2) is 0 Å². The lowest BCUT2D eigenvalue weighted by Crippen LogP contribution is -2.42. The van der Waals surface area contributed by atoms with Gasteiger partial charge in [-0.3, -0.25) is 4.65 Å². The van der Waals surface area contributed by atoms with Crippen molar-refractivity contribution in [2.45, 2.75) is 0 Å². The van der Waals surface area contributed by atoms with Gasteiger partial charge in [0, 0.05) is 6.08 Å². The first kappa shape index (κ1) is 9.07. The van der Waals surface area contributed by atoms with Crippen LogP contribution >= 0.6 is 0 Å². The van der Waals surface area contributed by atoms with Crippen molar-refractivity contribution < 1.29 is 9.44 Å². The molecule has 0 aromatic rings. The van der Waals surface area contributed by atoms with E-state index in [1.165, 1.54) is 13.1 Å². The van der Waals surface area contributed by atoms with Crippen molar-refractivity contribution in [3.63, 3.8) is 0 Å². The van der Waals surface area contributed by atoms with Gasteiger partial charge in [0.25, 0.3) is 0 Å². The molecule has 0 spiro atoms. The van der Waals surface area contributed by atoms with Crippen LogP contribution in [0.5, 0.6) is 0 Å². The van der Waals surface area contributed by atoms with E-state index in [9.17, 15) is 10.0 Å². The van der Waals surface area contributed by atoms with Crippen LogP contribution in [0.25, 0.3) is 0 Å². The molecule has 1 atom stereocenters. The van der Waals surface area contributed by atoms with E-state index in [1.807, 2.05) is 0 Å². The maximum atomic E-state index is 11.1. The highest BCUT2D eigenvalue weighted by atomic mass is 16.6. The second-order valence-corrected chi connectivity index (χ2v) is 2.11. The van der Waals surface area contributed by atoms with Crippen LogP contribution in [0.2, 0.25) is 0 Å². The highest BCUT2D eigenvalue weighted by Crippen LogP contribution is 1.99. The van der Waals surface area contributed by atoms with Crippen molar-refractivity contribution in [1.29, 1.82) is 0 Å². The van der Waals surface area contributed by atoms with Gasteiger partial charge in [-0.15, -0.1) is 0 Å². The Morgan fingerprint density at radius 1 is 1.70 bits per heavy atom. The number of hydrogen-bond acceptors (Lipinski definition) is 2. The molecule has 0 aromatic heterocycles. The van der Waals surface area contributed by atoms with E-state index >= 15 is 0 Å². The van der Waals surface area contributed by atoms with Gasteiger partial charge in [0.1, 0.15) is 6.54 Å². The first-order valence-electron chi connectivity index (χ1n) is 2.89. The summed E-state index contributed by atoms with van der Waals surface area (Å²) in [6.45, 7) is 6.66. The van der Waals surface area contributed by atoms with E-state index in [0.29, 0.717) is 0 Å². The highest BCUT2D eigenvalue weighted by molar-refractivity contribution is 5.80. The Balaban J connectivity index is 4.22. The Morgan fingerprint density at radius 3 is 2.50 bits per heavy atom. The summed E-state index contributed by atoms with van der Waals surface area (Å²) in [7, 11) is 1.27. The van der Waals surface area contributed by atoms with Gasteiger partial charge in [-0.05, 0) is 6.08 Å². The van der Waals surface area contributed by atoms with E-state index in [4.69, 9.17) is 0 Å². The van der Waals surface area contributed by atoms with Crippen molar-refractivity contribution in [2.75, 3.05) is 13.6 Å². The number of quaternary nitrogens is 1. The zero-order chi connectivity index (χ0) is 8.20. The van der Waals surface area contributed by atoms with E-state index in [0.717, 1.165) is 6.08 Å². The molecule has 0 fully saturated rings. The normalized spacial score (nSPS) is 15.4. The summed E-state index contributed by atoms with van der Waals surface area (Å²) in [6.07, 6.45) is 2.44. The molecule has 10 heavy (non-hydrogen) atoms. The largest absolute Gasteiger partial charge is 0.625 e. The summed E-state index contributed by atoms with van der Waals surface area (Å²) in [4.78, 5) is 10.7. The zero-order valence-electron chi connectivity index (χ0n) is 6.04. The first-order chi connectivity index (χ1) is 4.54. The SMILES string of the molecule is C=CC[N+](C)([O-])C(=O)C=C. The third-order valence-corrected chi connectivity index (χ3v) is 1.12. The molecular formula is C7H11NO2. The molecular weight excluding hydrogens is 130 g/mol. The topological polar surface area (TPSA) is 40.1 Å². The molecule has 0 radical (unpaired) electrons. The molecule has 0 N–H and O–H groups in total. The van der Waals surface area contributed by atoms with Crippen LogP contribution < -0.4 is 0 Å². The smallest absolute Gasteiger partial charge is 0.338 e. The minimum Gasteiger partial charge on any atom is -0.625 e. The van der Waals surface area contributed by atoms with Crippen LogP contribution in [0.1, 0.15) is 0 Å². The number of carbonyl (C=O) groups excluding carboxylic acids is 1. The Hall–Kier alpha value is -0.930. The molecule has 56 valence electrons.